The molecule has 1 N–H and O–H groups in total. The third kappa shape index (κ3) is 4.46. The Kier molecular flexibility index (Phi) is 6.96. The first-order valence-electron chi connectivity index (χ1n) is 6.91. The van der Waals surface area contributed by atoms with Crippen LogP contribution in [0.4, 0.5) is 4.39 Å². The molecule has 5 heteroatoms. The Morgan fingerprint density at radius 2 is 2.10 bits per heavy atom. The van der Waals surface area contributed by atoms with Gasteiger partial charge in [-0.3, -0.25) is 4.79 Å². The summed E-state index contributed by atoms with van der Waals surface area (Å²) in [5, 5.41) is 3.27. The number of hydrogen-bond donors (Lipinski definition) is 1. The fourth-order valence-corrected chi connectivity index (χ4v) is 2.47. The molecule has 1 aliphatic rings. The topological polar surface area (TPSA) is 32.3 Å². The molecule has 0 saturated carbocycles. The lowest BCUT2D eigenvalue weighted by Crippen LogP contribution is -2.34. The summed E-state index contributed by atoms with van der Waals surface area (Å²) < 4.78 is 13.7. The van der Waals surface area contributed by atoms with Gasteiger partial charge >= 0.3 is 0 Å². The highest BCUT2D eigenvalue weighted by Gasteiger charge is 2.20. The van der Waals surface area contributed by atoms with E-state index in [2.05, 4.69) is 5.32 Å². The van der Waals surface area contributed by atoms with E-state index in [1.807, 2.05) is 17.9 Å². The van der Waals surface area contributed by atoms with Crippen LogP contribution in [0.1, 0.15) is 31.2 Å². The molecule has 1 aromatic rings. The normalized spacial score (nSPS) is 17.0. The highest BCUT2D eigenvalue weighted by atomic mass is 35.5. The van der Waals surface area contributed by atoms with Gasteiger partial charge in [-0.05, 0) is 30.5 Å². The third-order valence-electron chi connectivity index (χ3n) is 3.61. The molecule has 1 aromatic carbocycles. The molecule has 0 aliphatic carbocycles. The quantitative estimate of drug-likeness (QED) is 0.930. The van der Waals surface area contributed by atoms with Crippen molar-refractivity contribution in [2.24, 2.45) is 0 Å². The summed E-state index contributed by atoms with van der Waals surface area (Å²) in [6, 6.07) is 6.70. The lowest BCUT2D eigenvalue weighted by atomic mass is 9.96. The molecule has 1 saturated heterocycles. The molecule has 20 heavy (non-hydrogen) atoms. The minimum Gasteiger partial charge on any atom is -0.341 e. The third-order valence-corrected chi connectivity index (χ3v) is 3.61. The summed E-state index contributed by atoms with van der Waals surface area (Å²) in [6.07, 6.45) is 1.36. The fourth-order valence-electron chi connectivity index (χ4n) is 2.47. The molecule has 0 spiro atoms. The zero-order valence-corrected chi connectivity index (χ0v) is 12.6. The second kappa shape index (κ2) is 8.22. The van der Waals surface area contributed by atoms with Crippen molar-refractivity contribution in [3.63, 3.8) is 0 Å². The minimum atomic E-state index is -0.222. The second-order valence-electron chi connectivity index (χ2n) is 5.11. The van der Waals surface area contributed by atoms with Crippen LogP contribution in [0, 0.1) is 5.82 Å². The molecule has 0 bridgehead atoms. The fraction of sp³-hybridized carbons (Fsp3) is 0.533. The van der Waals surface area contributed by atoms with E-state index in [-0.39, 0.29) is 30.0 Å². The number of carbonyl (C=O) groups is 1. The number of nitrogens with zero attached hydrogens (tertiary/aromatic N) is 1. The number of halogens is 2. The van der Waals surface area contributed by atoms with Gasteiger partial charge in [0.05, 0.1) is 0 Å². The maximum absolute atomic E-state index is 13.7. The van der Waals surface area contributed by atoms with E-state index in [0.717, 1.165) is 32.6 Å². The van der Waals surface area contributed by atoms with Crippen molar-refractivity contribution in [3.8, 4) is 0 Å². The zero-order valence-electron chi connectivity index (χ0n) is 11.8. The predicted molar refractivity (Wildman–Crippen MR) is 80.7 cm³/mol. The standard InChI is InChI=1S/C15H21FN2O.ClH/c1-12(13-5-2-3-6-14(13)16)11-15(19)18-9-4-7-17-8-10-18;/h2-3,5-6,12,17H,4,7-11H2,1H3;1H. The number of carbonyl (C=O) groups excluding carboxylic acids is 1. The van der Waals surface area contributed by atoms with Gasteiger partial charge in [0.1, 0.15) is 5.82 Å². The molecule has 1 unspecified atom stereocenters. The van der Waals surface area contributed by atoms with Crippen LogP contribution in [-0.2, 0) is 4.79 Å². The van der Waals surface area contributed by atoms with Gasteiger partial charge in [-0.25, -0.2) is 4.39 Å². The minimum absolute atomic E-state index is 0. The lowest BCUT2D eigenvalue weighted by Gasteiger charge is -2.22. The molecule has 0 aromatic heterocycles. The van der Waals surface area contributed by atoms with Crippen LogP contribution < -0.4 is 5.32 Å². The second-order valence-corrected chi connectivity index (χ2v) is 5.11. The number of benzene rings is 1. The monoisotopic (exact) mass is 300 g/mol. The van der Waals surface area contributed by atoms with Crippen molar-refractivity contribution in [3.05, 3.63) is 35.6 Å². The maximum Gasteiger partial charge on any atom is 0.223 e. The largest absolute Gasteiger partial charge is 0.341 e. The number of nitrogens with one attached hydrogen (secondary N) is 1. The Morgan fingerprint density at radius 3 is 2.85 bits per heavy atom. The van der Waals surface area contributed by atoms with Gasteiger partial charge in [-0.15, -0.1) is 12.4 Å². The first-order chi connectivity index (χ1) is 9.18. The SMILES string of the molecule is CC(CC(=O)N1CCCNCC1)c1ccccc1F.Cl. The van der Waals surface area contributed by atoms with Gasteiger partial charge in [-0.2, -0.15) is 0 Å². The van der Waals surface area contributed by atoms with E-state index in [0.29, 0.717) is 12.0 Å². The maximum atomic E-state index is 13.7. The molecule has 1 heterocycles. The van der Waals surface area contributed by atoms with E-state index in [1.54, 1.807) is 12.1 Å². The summed E-state index contributed by atoms with van der Waals surface area (Å²) in [7, 11) is 0. The van der Waals surface area contributed by atoms with Crippen molar-refractivity contribution < 1.29 is 9.18 Å². The molecular formula is C15H22ClFN2O. The first-order valence-corrected chi connectivity index (χ1v) is 6.91. The molecule has 1 atom stereocenters. The highest BCUT2D eigenvalue weighted by Crippen LogP contribution is 2.22. The molecule has 112 valence electrons. The Bertz CT molecular complexity index is 434. The van der Waals surface area contributed by atoms with Crippen LogP contribution >= 0.6 is 12.4 Å². The van der Waals surface area contributed by atoms with Gasteiger partial charge in [-0.1, -0.05) is 25.1 Å². The van der Waals surface area contributed by atoms with Crippen LogP contribution in [0.25, 0.3) is 0 Å². The average molecular weight is 301 g/mol. The van der Waals surface area contributed by atoms with E-state index in [4.69, 9.17) is 0 Å². The van der Waals surface area contributed by atoms with Crippen molar-refractivity contribution in [1.29, 1.82) is 0 Å². The lowest BCUT2D eigenvalue weighted by molar-refractivity contribution is -0.131. The summed E-state index contributed by atoms with van der Waals surface area (Å²) in [4.78, 5) is 14.1. The van der Waals surface area contributed by atoms with Crippen LogP contribution in [0.3, 0.4) is 0 Å². The molecular weight excluding hydrogens is 279 g/mol. The first kappa shape index (κ1) is 16.9. The van der Waals surface area contributed by atoms with Gasteiger partial charge in [0, 0.05) is 26.1 Å². The van der Waals surface area contributed by atoms with Gasteiger partial charge < -0.3 is 10.2 Å². The number of hydrogen-bond acceptors (Lipinski definition) is 2. The summed E-state index contributed by atoms with van der Waals surface area (Å²) in [5.41, 5.74) is 0.629. The average Bonchev–Trinajstić information content (AvgIpc) is 2.68. The Hall–Kier alpha value is -1.13. The van der Waals surface area contributed by atoms with Gasteiger partial charge in [0.2, 0.25) is 5.91 Å². The zero-order chi connectivity index (χ0) is 13.7. The Morgan fingerprint density at radius 1 is 1.35 bits per heavy atom. The van der Waals surface area contributed by atoms with E-state index in [9.17, 15) is 9.18 Å². The molecule has 0 radical (unpaired) electrons. The summed E-state index contributed by atoms with van der Waals surface area (Å²) in [5.74, 6) is -0.176. The van der Waals surface area contributed by atoms with Crippen LogP contribution in [0.15, 0.2) is 24.3 Å². The van der Waals surface area contributed by atoms with Crippen molar-refractivity contribution >= 4 is 18.3 Å². The Balaban J connectivity index is 0.00000200. The molecule has 1 aliphatic heterocycles. The molecule has 3 nitrogen and oxygen atoms in total. The van der Waals surface area contributed by atoms with Crippen LogP contribution in [0.5, 0.6) is 0 Å². The number of rotatable bonds is 3. The smallest absolute Gasteiger partial charge is 0.223 e. The number of amides is 1. The Labute approximate surface area is 125 Å². The molecule has 1 amide bonds. The van der Waals surface area contributed by atoms with E-state index in [1.165, 1.54) is 6.07 Å². The van der Waals surface area contributed by atoms with Gasteiger partial charge in [0.15, 0.2) is 0 Å². The summed E-state index contributed by atoms with van der Waals surface area (Å²) >= 11 is 0. The summed E-state index contributed by atoms with van der Waals surface area (Å²) in [6.45, 7) is 5.28. The van der Waals surface area contributed by atoms with E-state index >= 15 is 0 Å². The van der Waals surface area contributed by atoms with Gasteiger partial charge in [0.25, 0.3) is 0 Å². The van der Waals surface area contributed by atoms with Crippen LogP contribution in [-0.4, -0.2) is 37.0 Å². The van der Waals surface area contributed by atoms with Crippen LogP contribution in [0.2, 0.25) is 0 Å². The van der Waals surface area contributed by atoms with Crippen molar-refractivity contribution in [2.45, 2.75) is 25.7 Å². The highest BCUT2D eigenvalue weighted by molar-refractivity contribution is 5.85. The van der Waals surface area contributed by atoms with E-state index < -0.39 is 0 Å². The van der Waals surface area contributed by atoms with Crippen molar-refractivity contribution in [1.82, 2.24) is 10.2 Å². The molecule has 1 fully saturated rings. The predicted octanol–water partition coefficient (Wildman–Crippen LogP) is 2.56. The van der Waals surface area contributed by atoms with Crippen molar-refractivity contribution in [2.75, 3.05) is 26.2 Å². The molecule has 2 rings (SSSR count).